The van der Waals surface area contributed by atoms with Crippen LogP contribution >= 0.6 is 0 Å². The van der Waals surface area contributed by atoms with Gasteiger partial charge in [-0.3, -0.25) is 0 Å². The predicted molar refractivity (Wildman–Crippen MR) is 87.7 cm³/mol. The van der Waals surface area contributed by atoms with Crippen molar-refractivity contribution in [1.82, 2.24) is 9.97 Å². The van der Waals surface area contributed by atoms with Gasteiger partial charge in [0.05, 0.1) is 45.0 Å². The number of hydrogen-bond donors (Lipinski definition) is 1. The molecule has 3 aromatic rings. The van der Waals surface area contributed by atoms with Crippen LogP contribution in [-0.2, 0) is 0 Å². The molecule has 0 aliphatic rings. The van der Waals surface area contributed by atoms with E-state index in [1.165, 1.54) is 0 Å². The van der Waals surface area contributed by atoms with E-state index in [0.717, 1.165) is 22.3 Å². The zero-order valence-electron chi connectivity index (χ0n) is 13.5. The molecule has 6 nitrogen and oxygen atoms in total. The molecule has 0 spiro atoms. The van der Waals surface area contributed by atoms with Gasteiger partial charge in [-0.05, 0) is 18.2 Å². The van der Waals surface area contributed by atoms with Gasteiger partial charge in [-0.1, -0.05) is 0 Å². The van der Waals surface area contributed by atoms with Gasteiger partial charge in [-0.2, -0.15) is 0 Å². The van der Waals surface area contributed by atoms with Gasteiger partial charge in [-0.15, -0.1) is 0 Å². The third-order valence-corrected chi connectivity index (χ3v) is 3.65. The second-order valence-corrected chi connectivity index (χ2v) is 4.88. The van der Waals surface area contributed by atoms with Crippen LogP contribution < -0.4 is 18.9 Å². The zero-order chi connectivity index (χ0) is 16.4. The molecule has 0 saturated heterocycles. The monoisotopic (exact) mass is 314 g/mol. The summed E-state index contributed by atoms with van der Waals surface area (Å²) < 4.78 is 21.3. The number of methoxy groups -OCH3 is 4. The molecule has 0 atom stereocenters. The van der Waals surface area contributed by atoms with Crippen molar-refractivity contribution in [3.8, 4) is 34.4 Å². The van der Waals surface area contributed by atoms with E-state index >= 15 is 0 Å². The molecule has 1 aromatic heterocycles. The summed E-state index contributed by atoms with van der Waals surface area (Å²) in [6, 6.07) is 9.27. The number of rotatable bonds is 5. The number of benzene rings is 2. The maximum Gasteiger partial charge on any atom is 0.163 e. The maximum atomic E-state index is 5.42. The first-order valence-corrected chi connectivity index (χ1v) is 7.04. The Balaban J connectivity index is 2.17. The number of hydrogen-bond acceptors (Lipinski definition) is 5. The molecule has 1 heterocycles. The first kappa shape index (κ1) is 15.0. The van der Waals surface area contributed by atoms with Gasteiger partial charge >= 0.3 is 0 Å². The molecule has 23 heavy (non-hydrogen) atoms. The lowest BCUT2D eigenvalue weighted by Crippen LogP contribution is -1.91. The fourth-order valence-corrected chi connectivity index (χ4v) is 2.46. The van der Waals surface area contributed by atoms with Gasteiger partial charge in [0.25, 0.3) is 0 Å². The van der Waals surface area contributed by atoms with Crippen LogP contribution in [0.4, 0.5) is 0 Å². The lowest BCUT2D eigenvalue weighted by Gasteiger charge is -2.08. The summed E-state index contributed by atoms with van der Waals surface area (Å²) in [5.74, 6) is 3.41. The standard InChI is InChI=1S/C17H18N2O4/c1-20-10-5-6-14(21-2)11(7-10)17-18-12-8-15(22-3)16(23-4)9-13(12)19-17/h5-9H,1-4H3,(H,18,19). The lowest BCUT2D eigenvalue weighted by atomic mass is 10.2. The highest BCUT2D eigenvalue weighted by molar-refractivity contribution is 5.84. The molecule has 0 saturated carbocycles. The van der Waals surface area contributed by atoms with Gasteiger partial charge in [0.2, 0.25) is 0 Å². The highest BCUT2D eigenvalue weighted by Crippen LogP contribution is 2.36. The molecule has 6 heteroatoms. The van der Waals surface area contributed by atoms with E-state index in [1.54, 1.807) is 28.4 Å². The van der Waals surface area contributed by atoms with Gasteiger partial charge < -0.3 is 23.9 Å². The van der Waals surface area contributed by atoms with Crippen molar-refractivity contribution in [3.05, 3.63) is 30.3 Å². The first-order valence-electron chi connectivity index (χ1n) is 7.04. The molecule has 0 bridgehead atoms. The highest BCUT2D eigenvalue weighted by Gasteiger charge is 2.14. The van der Waals surface area contributed by atoms with Gasteiger partial charge in [0, 0.05) is 12.1 Å². The van der Waals surface area contributed by atoms with Gasteiger partial charge in [0.15, 0.2) is 11.5 Å². The van der Waals surface area contributed by atoms with Crippen LogP contribution in [0.25, 0.3) is 22.4 Å². The summed E-state index contributed by atoms with van der Waals surface area (Å²) in [5.41, 5.74) is 2.45. The third kappa shape index (κ3) is 2.63. The largest absolute Gasteiger partial charge is 0.497 e. The van der Waals surface area contributed by atoms with E-state index in [0.29, 0.717) is 23.1 Å². The number of nitrogens with one attached hydrogen (secondary N) is 1. The molecule has 0 radical (unpaired) electrons. The van der Waals surface area contributed by atoms with E-state index in [1.807, 2.05) is 30.3 Å². The van der Waals surface area contributed by atoms with Crippen molar-refractivity contribution in [3.63, 3.8) is 0 Å². The van der Waals surface area contributed by atoms with Crippen molar-refractivity contribution >= 4 is 11.0 Å². The Bertz CT molecular complexity index is 801. The van der Waals surface area contributed by atoms with Crippen LogP contribution in [0.1, 0.15) is 0 Å². The van der Waals surface area contributed by atoms with Crippen LogP contribution in [0.15, 0.2) is 30.3 Å². The van der Waals surface area contributed by atoms with E-state index in [2.05, 4.69) is 9.97 Å². The Labute approximate surface area is 134 Å². The van der Waals surface area contributed by atoms with Crippen LogP contribution in [0, 0.1) is 0 Å². The average molecular weight is 314 g/mol. The highest BCUT2D eigenvalue weighted by atomic mass is 16.5. The quantitative estimate of drug-likeness (QED) is 0.783. The van der Waals surface area contributed by atoms with Crippen LogP contribution in [-0.4, -0.2) is 38.4 Å². The van der Waals surface area contributed by atoms with Crippen molar-refractivity contribution in [2.24, 2.45) is 0 Å². The summed E-state index contributed by atoms with van der Waals surface area (Å²) in [7, 11) is 6.45. The topological polar surface area (TPSA) is 65.6 Å². The van der Waals surface area contributed by atoms with Crippen molar-refractivity contribution in [2.45, 2.75) is 0 Å². The Kier molecular flexibility index (Phi) is 3.97. The SMILES string of the molecule is COc1ccc(OC)c(-c2nc3cc(OC)c(OC)cc3[nH]2)c1. The fourth-order valence-electron chi connectivity index (χ4n) is 2.46. The number of ether oxygens (including phenoxy) is 4. The molecular weight excluding hydrogens is 296 g/mol. The maximum absolute atomic E-state index is 5.42. The van der Waals surface area contributed by atoms with E-state index in [9.17, 15) is 0 Å². The lowest BCUT2D eigenvalue weighted by molar-refractivity contribution is 0.356. The smallest absolute Gasteiger partial charge is 0.163 e. The molecule has 0 unspecified atom stereocenters. The van der Waals surface area contributed by atoms with E-state index in [4.69, 9.17) is 18.9 Å². The Hall–Kier alpha value is -2.89. The second kappa shape index (κ2) is 6.08. The van der Waals surface area contributed by atoms with Crippen molar-refractivity contribution < 1.29 is 18.9 Å². The van der Waals surface area contributed by atoms with Gasteiger partial charge in [-0.25, -0.2) is 4.98 Å². The van der Waals surface area contributed by atoms with Crippen LogP contribution in [0.5, 0.6) is 23.0 Å². The fraction of sp³-hybridized carbons (Fsp3) is 0.235. The number of aromatic nitrogens is 2. The average Bonchev–Trinajstić information content (AvgIpc) is 3.02. The minimum atomic E-state index is 0.635. The minimum Gasteiger partial charge on any atom is -0.497 e. The summed E-state index contributed by atoms with van der Waals surface area (Å²) in [4.78, 5) is 7.91. The Morgan fingerprint density at radius 2 is 1.48 bits per heavy atom. The number of imidazole rings is 1. The summed E-state index contributed by atoms with van der Waals surface area (Å²) in [6.45, 7) is 0. The first-order chi connectivity index (χ1) is 11.2. The molecule has 0 aliphatic carbocycles. The minimum absolute atomic E-state index is 0.635. The van der Waals surface area contributed by atoms with Crippen LogP contribution in [0.2, 0.25) is 0 Å². The predicted octanol–water partition coefficient (Wildman–Crippen LogP) is 3.26. The second-order valence-electron chi connectivity index (χ2n) is 4.88. The Morgan fingerprint density at radius 3 is 2.13 bits per heavy atom. The number of fused-ring (bicyclic) bond motifs is 1. The number of aromatic amines is 1. The van der Waals surface area contributed by atoms with Crippen LogP contribution in [0.3, 0.4) is 0 Å². The number of H-pyrrole nitrogens is 1. The molecule has 0 aliphatic heterocycles. The molecule has 3 rings (SSSR count). The molecular formula is C17H18N2O4. The summed E-state index contributed by atoms with van der Waals surface area (Å²) >= 11 is 0. The van der Waals surface area contributed by atoms with E-state index < -0.39 is 0 Å². The summed E-state index contributed by atoms with van der Waals surface area (Å²) in [5, 5.41) is 0. The Morgan fingerprint density at radius 1 is 0.783 bits per heavy atom. The molecule has 0 fully saturated rings. The van der Waals surface area contributed by atoms with E-state index in [-0.39, 0.29) is 0 Å². The van der Waals surface area contributed by atoms with Gasteiger partial charge in [0.1, 0.15) is 17.3 Å². The number of nitrogens with zero attached hydrogens (tertiary/aromatic N) is 1. The van der Waals surface area contributed by atoms with Crippen molar-refractivity contribution in [2.75, 3.05) is 28.4 Å². The molecule has 0 amide bonds. The van der Waals surface area contributed by atoms with Crippen molar-refractivity contribution in [1.29, 1.82) is 0 Å². The summed E-state index contributed by atoms with van der Waals surface area (Å²) in [6.07, 6.45) is 0. The molecule has 120 valence electrons. The zero-order valence-corrected chi connectivity index (χ0v) is 13.5. The molecule has 2 aromatic carbocycles. The molecule has 1 N–H and O–H groups in total. The third-order valence-electron chi connectivity index (χ3n) is 3.65. The normalized spacial score (nSPS) is 10.6.